The first-order valence-corrected chi connectivity index (χ1v) is 6.84. The first-order chi connectivity index (χ1) is 9.49. The molecule has 0 spiro atoms. The number of alkyl halides is 1. The van der Waals surface area contributed by atoms with E-state index < -0.39 is 10.8 Å². The second-order valence-corrected chi connectivity index (χ2v) is 5.44. The van der Waals surface area contributed by atoms with Crippen LogP contribution in [-0.4, -0.2) is 36.9 Å². The van der Waals surface area contributed by atoms with Crippen LogP contribution in [0.2, 0.25) is 0 Å². The summed E-state index contributed by atoms with van der Waals surface area (Å²) in [5.41, 5.74) is 0.966. The number of allylic oxidation sites excluding steroid dienone is 4. The number of hydrogen-bond acceptors (Lipinski definition) is 4. The molecule has 1 aromatic rings. The smallest absolute Gasteiger partial charge is 0.343 e. The van der Waals surface area contributed by atoms with Crippen LogP contribution in [0.4, 0.5) is 5.82 Å². The number of halogens is 1. The lowest BCUT2D eigenvalue weighted by molar-refractivity contribution is 0.0525. The molecule has 20 heavy (non-hydrogen) atoms. The van der Waals surface area contributed by atoms with Gasteiger partial charge in [-0.25, -0.2) is 4.79 Å². The lowest BCUT2D eigenvalue weighted by Gasteiger charge is -2.23. The molecule has 1 aliphatic rings. The lowest BCUT2D eigenvalue weighted by atomic mass is 9.93. The SMILES string of the molecule is CCOC(=O)c1c(N(C)C)n[nH]c1C1(Cl)C=CC=CC1. The zero-order valence-corrected chi connectivity index (χ0v) is 12.6. The van der Waals surface area contributed by atoms with E-state index in [2.05, 4.69) is 10.2 Å². The minimum atomic E-state index is -0.794. The van der Waals surface area contributed by atoms with Crippen molar-refractivity contribution in [3.05, 3.63) is 35.6 Å². The second-order valence-electron chi connectivity index (χ2n) is 4.77. The van der Waals surface area contributed by atoms with Crippen LogP contribution in [0.3, 0.4) is 0 Å². The summed E-state index contributed by atoms with van der Waals surface area (Å²) in [4.78, 5) is 13.2. The van der Waals surface area contributed by atoms with Gasteiger partial charge in [-0.15, -0.1) is 11.6 Å². The Kier molecular flexibility index (Phi) is 4.18. The number of anilines is 1. The molecular formula is C14H18ClN3O2. The Bertz CT molecular complexity index is 563. The van der Waals surface area contributed by atoms with E-state index in [1.54, 1.807) is 11.8 Å². The molecule has 5 nitrogen and oxygen atoms in total. The summed E-state index contributed by atoms with van der Waals surface area (Å²) >= 11 is 6.63. The number of nitrogens with one attached hydrogen (secondary N) is 1. The number of aromatic amines is 1. The highest BCUT2D eigenvalue weighted by atomic mass is 35.5. The number of carbonyl (C=O) groups is 1. The summed E-state index contributed by atoms with van der Waals surface area (Å²) in [5.74, 6) is 0.115. The van der Waals surface area contributed by atoms with E-state index in [1.165, 1.54) is 0 Å². The van der Waals surface area contributed by atoms with E-state index in [0.717, 1.165) is 0 Å². The molecule has 0 fully saturated rings. The molecule has 0 aromatic carbocycles. The third kappa shape index (κ3) is 2.58. The Morgan fingerprint density at radius 2 is 2.30 bits per heavy atom. The average Bonchev–Trinajstić information content (AvgIpc) is 2.85. The maximum absolute atomic E-state index is 12.2. The van der Waals surface area contributed by atoms with Gasteiger partial charge in [0.15, 0.2) is 5.82 Å². The van der Waals surface area contributed by atoms with Crippen molar-refractivity contribution in [1.82, 2.24) is 10.2 Å². The molecular weight excluding hydrogens is 278 g/mol. The van der Waals surface area contributed by atoms with Gasteiger partial charge in [0.1, 0.15) is 10.4 Å². The van der Waals surface area contributed by atoms with Crippen molar-refractivity contribution < 1.29 is 9.53 Å². The average molecular weight is 296 g/mol. The van der Waals surface area contributed by atoms with E-state index in [9.17, 15) is 4.79 Å². The summed E-state index contributed by atoms with van der Waals surface area (Å²) in [5, 5.41) is 7.09. The second kappa shape index (κ2) is 5.71. The van der Waals surface area contributed by atoms with E-state index in [-0.39, 0.29) is 0 Å². The standard InChI is InChI=1S/C14H18ClN3O2/c1-4-20-13(19)10-11(16-17-12(10)18(2)3)14(15)8-6-5-7-9-14/h5-8H,4,9H2,1-3H3,(H,16,17). The van der Waals surface area contributed by atoms with E-state index in [1.807, 2.05) is 38.4 Å². The van der Waals surface area contributed by atoms with Gasteiger partial charge in [0, 0.05) is 14.1 Å². The molecule has 0 saturated carbocycles. The van der Waals surface area contributed by atoms with Gasteiger partial charge < -0.3 is 9.64 Å². The van der Waals surface area contributed by atoms with Crippen LogP contribution in [-0.2, 0) is 9.61 Å². The predicted molar refractivity (Wildman–Crippen MR) is 79.3 cm³/mol. The van der Waals surface area contributed by atoms with Crippen LogP contribution >= 0.6 is 11.6 Å². The monoisotopic (exact) mass is 295 g/mol. The fraction of sp³-hybridized carbons (Fsp3) is 0.429. The summed E-state index contributed by atoms with van der Waals surface area (Å²) in [6.45, 7) is 2.08. The molecule has 1 atom stereocenters. The number of aromatic nitrogens is 2. The highest BCUT2D eigenvalue weighted by molar-refractivity contribution is 6.26. The third-order valence-electron chi connectivity index (χ3n) is 3.09. The van der Waals surface area contributed by atoms with E-state index in [0.29, 0.717) is 30.1 Å². The van der Waals surface area contributed by atoms with E-state index in [4.69, 9.17) is 16.3 Å². The molecule has 0 amide bonds. The summed E-state index contributed by atoms with van der Waals surface area (Å²) in [6, 6.07) is 0. The number of esters is 1. The van der Waals surface area contributed by atoms with Crippen LogP contribution in [0.25, 0.3) is 0 Å². The molecule has 0 bridgehead atoms. The molecule has 1 heterocycles. The zero-order valence-electron chi connectivity index (χ0n) is 11.8. The van der Waals surface area contributed by atoms with Gasteiger partial charge in [0.25, 0.3) is 0 Å². The number of H-pyrrole nitrogens is 1. The largest absolute Gasteiger partial charge is 0.462 e. The fourth-order valence-corrected chi connectivity index (χ4v) is 2.43. The molecule has 108 valence electrons. The Balaban J connectivity index is 2.51. The Labute approximate surface area is 123 Å². The highest BCUT2D eigenvalue weighted by Gasteiger charge is 2.36. The van der Waals surface area contributed by atoms with Crippen LogP contribution < -0.4 is 4.90 Å². The van der Waals surface area contributed by atoms with Crippen molar-refractivity contribution in [1.29, 1.82) is 0 Å². The van der Waals surface area contributed by atoms with Crippen molar-refractivity contribution in [2.45, 2.75) is 18.2 Å². The Morgan fingerprint density at radius 3 is 2.85 bits per heavy atom. The topological polar surface area (TPSA) is 58.2 Å². The maximum atomic E-state index is 12.2. The van der Waals surface area contributed by atoms with Crippen LogP contribution in [0.15, 0.2) is 24.3 Å². The summed E-state index contributed by atoms with van der Waals surface area (Å²) in [7, 11) is 3.64. The first-order valence-electron chi connectivity index (χ1n) is 6.46. The minimum Gasteiger partial charge on any atom is -0.462 e. The van der Waals surface area contributed by atoms with Gasteiger partial charge in [-0.3, -0.25) is 5.10 Å². The molecule has 1 unspecified atom stereocenters. The number of hydrogen-bond donors (Lipinski definition) is 1. The summed E-state index contributed by atoms with van der Waals surface area (Å²) in [6.07, 6.45) is 8.18. The Morgan fingerprint density at radius 1 is 1.55 bits per heavy atom. The van der Waals surface area contributed by atoms with Crippen molar-refractivity contribution in [3.8, 4) is 0 Å². The van der Waals surface area contributed by atoms with Crippen molar-refractivity contribution in [3.63, 3.8) is 0 Å². The first kappa shape index (κ1) is 14.7. The Hall–Kier alpha value is -1.75. The van der Waals surface area contributed by atoms with Crippen molar-refractivity contribution in [2.75, 3.05) is 25.6 Å². The number of rotatable bonds is 4. The fourth-order valence-electron chi connectivity index (χ4n) is 2.13. The number of nitrogens with zero attached hydrogens (tertiary/aromatic N) is 2. The molecule has 0 aliphatic heterocycles. The molecule has 1 N–H and O–H groups in total. The molecule has 1 aliphatic carbocycles. The third-order valence-corrected chi connectivity index (χ3v) is 3.56. The molecule has 2 rings (SSSR count). The minimum absolute atomic E-state index is 0.307. The van der Waals surface area contributed by atoms with Crippen LogP contribution in [0, 0.1) is 0 Å². The van der Waals surface area contributed by atoms with Crippen LogP contribution in [0.1, 0.15) is 29.4 Å². The van der Waals surface area contributed by atoms with Gasteiger partial charge >= 0.3 is 5.97 Å². The number of ether oxygens (including phenoxy) is 1. The quantitative estimate of drug-likeness (QED) is 0.685. The predicted octanol–water partition coefficient (Wildman–Crippen LogP) is 2.60. The number of carbonyl (C=O) groups excluding carboxylic acids is 1. The molecule has 0 radical (unpaired) electrons. The maximum Gasteiger partial charge on any atom is 0.343 e. The zero-order chi connectivity index (χ0) is 14.8. The van der Waals surface area contributed by atoms with Crippen molar-refractivity contribution >= 4 is 23.4 Å². The lowest BCUT2D eigenvalue weighted by Crippen LogP contribution is -2.22. The highest BCUT2D eigenvalue weighted by Crippen LogP contribution is 2.40. The molecule has 6 heteroatoms. The van der Waals surface area contributed by atoms with Crippen molar-refractivity contribution in [2.24, 2.45) is 0 Å². The van der Waals surface area contributed by atoms with Gasteiger partial charge in [0.2, 0.25) is 0 Å². The van der Waals surface area contributed by atoms with Gasteiger partial charge in [-0.05, 0) is 13.3 Å². The molecule has 1 aromatic heterocycles. The normalized spacial score (nSPS) is 21.0. The van der Waals surface area contributed by atoms with E-state index >= 15 is 0 Å². The van der Waals surface area contributed by atoms with Gasteiger partial charge in [-0.1, -0.05) is 24.3 Å². The van der Waals surface area contributed by atoms with Crippen LogP contribution in [0.5, 0.6) is 0 Å². The summed E-state index contributed by atoms with van der Waals surface area (Å²) < 4.78 is 5.13. The molecule has 0 saturated heterocycles. The van der Waals surface area contributed by atoms with Gasteiger partial charge in [-0.2, -0.15) is 5.10 Å². The van der Waals surface area contributed by atoms with Gasteiger partial charge in [0.05, 0.1) is 12.3 Å².